The number of carbonyl (C=O) groups excluding carboxylic acids is 2. The van der Waals surface area contributed by atoms with Gasteiger partial charge in [-0.1, -0.05) is 12.1 Å². The molecule has 0 amide bonds. The smallest absolute Gasteiger partial charge is 0.203 e. The lowest BCUT2D eigenvalue weighted by atomic mass is 10.0. The van der Waals surface area contributed by atoms with Crippen molar-refractivity contribution in [2.24, 2.45) is 11.8 Å². The van der Waals surface area contributed by atoms with Crippen LogP contribution in [-0.2, 0) is 0 Å². The number of aromatic hydroxyl groups is 1. The largest absolute Gasteiger partial charge is 0.505 e. The van der Waals surface area contributed by atoms with Crippen LogP contribution in [0, 0.1) is 23.5 Å². The van der Waals surface area contributed by atoms with Crippen LogP contribution in [0.5, 0.6) is 40.2 Å². The van der Waals surface area contributed by atoms with Crippen LogP contribution in [0.1, 0.15) is 43.7 Å². The van der Waals surface area contributed by atoms with Crippen LogP contribution < -0.4 is 34.2 Å². The van der Waals surface area contributed by atoms with Crippen LogP contribution in [0.3, 0.4) is 0 Å². The van der Waals surface area contributed by atoms with Crippen LogP contribution in [0.25, 0.3) is 0 Å². The fraction of sp³-hybridized carbons (Fsp3) is 0.316. The van der Waals surface area contributed by atoms with Crippen LogP contribution in [0.2, 0.25) is 0 Å². The number of alkyl halides is 4. The van der Waals surface area contributed by atoms with Crippen LogP contribution >= 0.6 is 46.4 Å². The van der Waals surface area contributed by atoms with Crippen molar-refractivity contribution in [2.75, 3.05) is 48.4 Å². The molecule has 0 radical (unpaired) electrons. The molecule has 2 aliphatic carbocycles. The van der Waals surface area contributed by atoms with Gasteiger partial charge in [0, 0.05) is 23.0 Å². The van der Waals surface area contributed by atoms with E-state index in [0.717, 1.165) is 6.07 Å². The van der Waals surface area contributed by atoms with E-state index < -0.39 is 49.7 Å². The van der Waals surface area contributed by atoms with Crippen molar-refractivity contribution in [2.45, 2.75) is 20.5 Å². The standard InChI is InChI=1S/C19H18Cl2FNO4.C19H17Cl2FO5/c2*1-25-13-7-10(8-14(26-2)18(13)27-3)17(24)16-15(19(16,20)21)9-4-5-11(22)12(23)6-9/h4-8,15-16H,23H2,1-3H3;4-8,15-16,23H,1-3H3. The number of nitrogens with two attached hydrogens (primary N) is 1. The summed E-state index contributed by atoms with van der Waals surface area (Å²) in [6.07, 6.45) is 0. The SMILES string of the molecule is COc1cc(C(=O)C2C(c3ccc(F)c(N)c3)C2(Cl)Cl)cc(OC)c1OC.COc1cc(C(=O)C2C(c3ccc(F)c(O)c3)C2(Cl)Cl)cc(OC)c1OC. The second kappa shape index (κ2) is 15.8. The molecular formula is C38H35Cl4F2NO9. The Balaban J connectivity index is 0.000000208. The van der Waals surface area contributed by atoms with Crippen LogP contribution in [0.4, 0.5) is 14.5 Å². The normalized spacial score (nSPS) is 20.1. The summed E-state index contributed by atoms with van der Waals surface area (Å²) in [5.74, 6) is -2.94. The Bertz CT molecular complexity index is 1900. The number of phenolic OH excluding ortho intramolecular Hbond substituents is 1. The third-order valence-electron chi connectivity index (χ3n) is 9.28. The summed E-state index contributed by atoms with van der Waals surface area (Å²) in [5, 5.41) is 9.59. The van der Waals surface area contributed by atoms with Gasteiger partial charge in [0.15, 0.2) is 46.1 Å². The zero-order chi connectivity index (χ0) is 39.9. The Labute approximate surface area is 329 Å². The average Bonchev–Trinajstić information content (AvgIpc) is 3.96. The maximum Gasteiger partial charge on any atom is 0.203 e. The number of ketones is 2. The van der Waals surface area contributed by atoms with E-state index >= 15 is 0 Å². The lowest BCUT2D eigenvalue weighted by Crippen LogP contribution is -2.08. The number of halogens is 6. The van der Waals surface area contributed by atoms with Crippen LogP contribution in [-0.4, -0.2) is 68.0 Å². The second-order valence-corrected chi connectivity index (χ2v) is 15.2. The molecule has 10 nitrogen and oxygen atoms in total. The van der Waals surface area contributed by atoms with Crippen molar-refractivity contribution in [1.29, 1.82) is 0 Å². The number of methoxy groups -OCH3 is 6. The molecule has 4 unspecified atom stereocenters. The van der Waals surface area contributed by atoms with E-state index in [1.54, 1.807) is 12.1 Å². The van der Waals surface area contributed by atoms with E-state index in [0.29, 0.717) is 51.2 Å². The number of Topliss-reactive ketones (excluding diaryl/α,β-unsaturated/α-hetero) is 2. The molecule has 2 saturated carbocycles. The average molecular weight is 830 g/mol. The lowest BCUT2D eigenvalue weighted by molar-refractivity contribution is 0.0956. The Morgan fingerprint density at radius 1 is 0.593 bits per heavy atom. The molecular weight excluding hydrogens is 794 g/mol. The predicted octanol–water partition coefficient (Wildman–Crippen LogP) is 8.53. The van der Waals surface area contributed by atoms with Gasteiger partial charge >= 0.3 is 0 Å². The van der Waals surface area contributed by atoms with Crippen molar-refractivity contribution in [3.05, 3.63) is 94.6 Å². The molecule has 0 spiro atoms. The molecule has 3 N–H and O–H groups in total. The van der Waals surface area contributed by atoms with Gasteiger partial charge in [-0.3, -0.25) is 9.59 Å². The molecule has 0 aliphatic heterocycles. The van der Waals surface area contributed by atoms with Crippen molar-refractivity contribution < 1.29 is 51.9 Å². The number of benzene rings is 4. The Morgan fingerprint density at radius 2 is 0.944 bits per heavy atom. The molecule has 4 aromatic carbocycles. The van der Waals surface area contributed by atoms with E-state index in [1.807, 2.05) is 0 Å². The van der Waals surface area contributed by atoms with Crippen LogP contribution in [0.15, 0.2) is 60.7 Å². The summed E-state index contributed by atoms with van der Waals surface area (Å²) in [4.78, 5) is 26.1. The summed E-state index contributed by atoms with van der Waals surface area (Å²) in [5.41, 5.74) is 7.28. The van der Waals surface area contributed by atoms with Crippen molar-refractivity contribution in [3.8, 4) is 40.2 Å². The molecule has 2 fully saturated rings. The fourth-order valence-electron chi connectivity index (χ4n) is 6.42. The number of rotatable bonds is 12. The molecule has 0 aromatic heterocycles. The van der Waals surface area contributed by atoms with Gasteiger partial charge < -0.3 is 39.3 Å². The summed E-state index contributed by atoms with van der Waals surface area (Å²) in [6.45, 7) is 0. The molecule has 2 aliphatic rings. The Kier molecular flexibility index (Phi) is 11.9. The molecule has 0 bridgehead atoms. The molecule has 54 heavy (non-hydrogen) atoms. The van der Waals surface area contributed by atoms with Gasteiger partial charge in [0.1, 0.15) is 14.5 Å². The first-order chi connectivity index (χ1) is 25.5. The number of nitrogen functional groups attached to an aromatic ring is 1. The van der Waals surface area contributed by atoms with E-state index in [2.05, 4.69) is 0 Å². The molecule has 0 heterocycles. The minimum Gasteiger partial charge on any atom is -0.505 e. The quantitative estimate of drug-likeness (QED) is 0.0813. The highest BCUT2D eigenvalue weighted by Gasteiger charge is 2.68. The van der Waals surface area contributed by atoms with E-state index in [9.17, 15) is 23.5 Å². The van der Waals surface area contributed by atoms with Gasteiger partial charge in [0.05, 0.1) is 60.2 Å². The third kappa shape index (κ3) is 7.49. The van der Waals surface area contributed by atoms with Gasteiger partial charge in [-0.2, -0.15) is 0 Å². The minimum absolute atomic E-state index is 0.0254. The first-order valence-corrected chi connectivity index (χ1v) is 17.5. The minimum atomic E-state index is -1.37. The van der Waals surface area contributed by atoms with Crippen molar-refractivity contribution >= 4 is 63.7 Å². The summed E-state index contributed by atoms with van der Waals surface area (Å²) in [6, 6.07) is 14.1. The molecule has 16 heteroatoms. The first kappa shape index (κ1) is 40.8. The second-order valence-electron chi connectivity index (χ2n) is 12.3. The van der Waals surface area contributed by atoms with Gasteiger partial charge in [0.25, 0.3) is 0 Å². The molecule has 6 rings (SSSR count). The van der Waals surface area contributed by atoms with Gasteiger partial charge in [0.2, 0.25) is 11.5 Å². The van der Waals surface area contributed by atoms with E-state index in [4.69, 9.17) is 80.6 Å². The number of anilines is 1. The van der Waals surface area contributed by atoms with Crippen molar-refractivity contribution in [3.63, 3.8) is 0 Å². The topological polar surface area (TPSA) is 136 Å². The maximum atomic E-state index is 13.4. The van der Waals surface area contributed by atoms with Gasteiger partial charge in [-0.05, 0) is 59.7 Å². The highest BCUT2D eigenvalue weighted by Crippen LogP contribution is 2.67. The maximum absolute atomic E-state index is 13.4. The number of hydrogen-bond donors (Lipinski definition) is 2. The Hall–Kier alpha value is -4.36. The Morgan fingerprint density at radius 3 is 1.26 bits per heavy atom. The highest BCUT2D eigenvalue weighted by molar-refractivity contribution is 6.54. The third-order valence-corrected chi connectivity index (χ3v) is 11.2. The van der Waals surface area contributed by atoms with E-state index in [-0.39, 0.29) is 22.8 Å². The summed E-state index contributed by atoms with van der Waals surface area (Å²) >= 11 is 25.4. The summed E-state index contributed by atoms with van der Waals surface area (Å²) in [7, 11) is 8.74. The van der Waals surface area contributed by atoms with E-state index in [1.165, 1.54) is 85.1 Å². The lowest BCUT2D eigenvalue weighted by Gasteiger charge is -2.13. The number of ether oxygens (including phenoxy) is 6. The first-order valence-electron chi connectivity index (χ1n) is 16.0. The van der Waals surface area contributed by atoms with Gasteiger partial charge in [-0.25, -0.2) is 8.78 Å². The number of phenols is 1. The van der Waals surface area contributed by atoms with Crippen molar-refractivity contribution in [1.82, 2.24) is 0 Å². The zero-order valence-electron chi connectivity index (χ0n) is 29.6. The fourth-order valence-corrected chi connectivity index (χ4v) is 8.08. The molecule has 4 atom stereocenters. The molecule has 288 valence electrons. The highest BCUT2D eigenvalue weighted by atomic mass is 35.5. The number of carbonyl (C=O) groups is 2. The summed E-state index contributed by atoms with van der Waals surface area (Å²) < 4.78 is 55.7. The van der Waals surface area contributed by atoms with Gasteiger partial charge in [-0.15, -0.1) is 46.4 Å². The molecule has 4 aromatic rings. The number of hydrogen-bond acceptors (Lipinski definition) is 10. The monoisotopic (exact) mass is 827 g/mol. The zero-order valence-corrected chi connectivity index (χ0v) is 32.7. The predicted molar refractivity (Wildman–Crippen MR) is 201 cm³/mol. The molecule has 0 saturated heterocycles.